The molecule has 0 bridgehead atoms. The van der Waals surface area contributed by atoms with Gasteiger partial charge in [-0.15, -0.1) is 0 Å². The van der Waals surface area contributed by atoms with Crippen molar-refractivity contribution in [1.29, 1.82) is 0 Å². The fraction of sp³-hybridized carbons (Fsp3) is 0.176. The topological polar surface area (TPSA) is 76.7 Å². The third-order valence-corrected chi connectivity index (χ3v) is 3.04. The van der Waals surface area contributed by atoms with Gasteiger partial charge < -0.3 is 20.1 Å². The second kappa shape index (κ2) is 8.52. The number of halogens is 1. The van der Waals surface area contributed by atoms with E-state index in [2.05, 4.69) is 10.6 Å². The van der Waals surface area contributed by atoms with Gasteiger partial charge in [0.25, 0.3) is 0 Å². The Labute approximate surface area is 138 Å². The Bertz CT molecular complexity index is 704. The SMILES string of the molecule is COc1ccc(OCCNC(=O)C(=O)Nc2ccccc2F)cc1. The highest BCUT2D eigenvalue weighted by Crippen LogP contribution is 2.16. The molecule has 2 aromatic carbocycles. The van der Waals surface area contributed by atoms with E-state index in [1.807, 2.05) is 0 Å². The van der Waals surface area contributed by atoms with Gasteiger partial charge in [-0.05, 0) is 36.4 Å². The number of nitrogens with one attached hydrogen (secondary N) is 2. The van der Waals surface area contributed by atoms with Crippen molar-refractivity contribution >= 4 is 17.5 Å². The Morgan fingerprint density at radius 2 is 1.67 bits per heavy atom. The average molecular weight is 332 g/mol. The van der Waals surface area contributed by atoms with Crippen LogP contribution in [-0.4, -0.2) is 32.1 Å². The zero-order chi connectivity index (χ0) is 17.4. The molecule has 2 rings (SSSR count). The Hall–Kier alpha value is -3.09. The molecule has 0 aromatic heterocycles. The van der Waals surface area contributed by atoms with Crippen molar-refractivity contribution in [3.05, 3.63) is 54.3 Å². The molecular weight excluding hydrogens is 315 g/mol. The minimum absolute atomic E-state index is 0.0490. The van der Waals surface area contributed by atoms with Crippen LogP contribution in [0, 0.1) is 5.82 Å². The second-order valence-corrected chi connectivity index (χ2v) is 4.71. The van der Waals surface area contributed by atoms with Gasteiger partial charge in [-0.25, -0.2) is 4.39 Å². The Balaban J connectivity index is 1.72. The molecule has 0 saturated heterocycles. The molecule has 6 nitrogen and oxygen atoms in total. The first kappa shape index (κ1) is 17.3. The van der Waals surface area contributed by atoms with Crippen molar-refractivity contribution < 1.29 is 23.5 Å². The largest absolute Gasteiger partial charge is 0.497 e. The molecule has 126 valence electrons. The van der Waals surface area contributed by atoms with E-state index >= 15 is 0 Å². The van der Waals surface area contributed by atoms with E-state index in [-0.39, 0.29) is 18.8 Å². The van der Waals surface area contributed by atoms with E-state index < -0.39 is 17.6 Å². The van der Waals surface area contributed by atoms with Gasteiger partial charge in [-0.1, -0.05) is 12.1 Å². The monoisotopic (exact) mass is 332 g/mol. The van der Waals surface area contributed by atoms with Gasteiger partial charge in [-0.2, -0.15) is 0 Å². The van der Waals surface area contributed by atoms with Gasteiger partial charge in [0.2, 0.25) is 0 Å². The lowest BCUT2D eigenvalue weighted by Gasteiger charge is -2.09. The molecule has 24 heavy (non-hydrogen) atoms. The maximum atomic E-state index is 13.4. The van der Waals surface area contributed by atoms with E-state index in [9.17, 15) is 14.0 Å². The Morgan fingerprint density at radius 1 is 1.00 bits per heavy atom. The van der Waals surface area contributed by atoms with E-state index in [4.69, 9.17) is 9.47 Å². The van der Waals surface area contributed by atoms with Crippen LogP contribution >= 0.6 is 0 Å². The molecule has 7 heteroatoms. The van der Waals surface area contributed by atoms with Crippen molar-refractivity contribution in [1.82, 2.24) is 5.32 Å². The van der Waals surface area contributed by atoms with Crippen LogP contribution in [0.5, 0.6) is 11.5 Å². The molecule has 0 spiro atoms. The number of benzene rings is 2. The number of methoxy groups -OCH3 is 1. The molecular formula is C17H17FN2O4. The first-order chi connectivity index (χ1) is 11.6. The van der Waals surface area contributed by atoms with Gasteiger partial charge in [0.15, 0.2) is 0 Å². The normalized spacial score (nSPS) is 9.92. The summed E-state index contributed by atoms with van der Waals surface area (Å²) >= 11 is 0. The molecule has 0 atom stereocenters. The number of carbonyl (C=O) groups excluding carboxylic acids is 2. The van der Waals surface area contributed by atoms with Gasteiger partial charge in [0.05, 0.1) is 19.3 Å². The quantitative estimate of drug-likeness (QED) is 0.626. The standard InChI is InChI=1S/C17H17FN2O4/c1-23-12-6-8-13(9-7-12)24-11-10-19-16(21)17(22)20-15-5-3-2-4-14(15)18/h2-9H,10-11H2,1H3,(H,19,21)(H,20,22). The molecule has 0 aliphatic heterocycles. The number of hydrogen-bond donors (Lipinski definition) is 2. The fourth-order valence-electron chi connectivity index (χ4n) is 1.83. The minimum Gasteiger partial charge on any atom is -0.497 e. The highest BCUT2D eigenvalue weighted by atomic mass is 19.1. The molecule has 2 N–H and O–H groups in total. The summed E-state index contributed by atoms with van der Waals surface area (Å²) in [5.74, 6) is -1.09. The van der Waals surface area contributed by atoms with Crippen molar-refractivity contribution in [3.63, 3.8) is 0 Å². The molecule has 2 aromatic rings. The van der Waals surface area contributed by atoms with Gasteiger partial charge in [0, 0.05) is 0 Å². The summed E-state index contributed by atoms with van der Waals surface area (Å²) in [4.78, 5) is 23.3. The van der Waals surface area contributed by atoms with Crippen molar-refractivity contribution in [2.24, 2.45) is 0 Å². The highest BCUT2D eigenvalue weighted by molar-refractivity contribution is 6.39. The second-order valence-electron chi connectivity index (χ2n) is 4.71. The molecule has 0 aliphatic carbocycles. The lowest BCUT2D eigenvalue weighted by atomic mass is 10.3. The zero-order valence-electron chi connectivity index (χ0n) is 13.0. The van der Waals surface area contributed by atoms with Crippen LogP contribution in [0.1, 0.15) is 0 Å². The summed E-state index contributed by atoms with van der Waals surface area (Å²) < 4.78 is 23.8. The van der Waals surface area contributed by atoms with Gasteiger partial charge >= 0.3 is 11.8 Å². The summed E-state index contributed by atoms with van der Waals surface area (Å²) in [6, 6.07) is 12.5. The van der Waals surface area contributed by atoms with Crippen LogP contribution in [0.3, 0.4) is 0 Å². The number of hydrogen-bond acceptors (Lipinski definition) is 4. The number of anilines is 1. The third-order valence-electron chi connectivity index (χ3n) is 3.04. The molecule has 0 saturated carbocycles. The van der Waals surface area contributed by atoms with Crippen LogP contribution in [0.4, 0.5) is 10.1 Å². The summed E-state index contributed by atoms with van der Waals surface area (Å²) in [6.07, 6.45) is 0. The zero-order valence-corrected chi connectivity index (χ0v) is 13.0. The Morgan fingerprint density at radius 3 is 2.33 bits per heavy atom. The number of rotatable bonds is 6. The van der Waals surface area contributed by atoms with Crippen molar-refractivity contribution in [3.8, 4) is 11.5 Å². The molecule has 0 unspecified atom stereocenters. The summed E-state index contributed by atoms with van der Waals surface area (Å²) in [5.41, 5.74) is -0.0490. The van der Waals surface area contributed by atoms with Crippen molar-refractivity contribution in [2.45, 2.75) is 0 Å². The predicted molar refractivity (Wildman–Crippen MR) is 86.5 cm³/mol. The summed E-state index contributed by atoms with van der Waals surface area (Å²) in [6.45, 7) is 0.320. The van der Waals surface area contributed by atoms with Gasteiger partial charge in [0.1, 0.15) is 23.9 Å². The van der Waals surface area contributed by atoms with E-state index in [0.717, 1.165) is 0 Å². The van der Waals surface area contributed by atoms with Crippen LogP contribution in [-0.2, 0) is 9.59 Å². The first-order valence-electron chi connectivity index (χ1n) is 7.20. The molecule has 2 amide bonds. The first-order valence-corrected chi connectivity index (χ1v) is 7.20. The average Bonchev–Trinajstić information content (AvgIpc) is 2.61. The molecule has 0 fully saturated rings. The van der Waals surface area contributed by atoms with Gasteiger partial charge in [-0.3, -0.25) is 9.59 Å². The Kier molecular flexibility index (Phi) is 6.13. The fourth-order valence-corrected chi connectivity index (χ4v) is 1.83. The predicted octanol–water partition coefficient (Wildman–Crippen LogP) is 1.97. The van der Waals surface area contributed by atoms with Crippen LogP contribution < -0.4 is 20.1 Å². The molecule has 0 aliphatic rings. The van der Waals surface area contributed by atoms with Crippen molar-refractivity contribution in [2.75, 3.05) is 25.6 Å². The smallest absolute Gasteiger partial charge is 0.313 e. The lowest BCUT2D eigenvalue weighted by Crippen LogP contribution is -2.37. The highest BCUT2D eigenvalue weighted by Gasteiger charge is 2.14. The lowest BCUT2D eigenvalue weighted by molar-refractivity contribution is -0.136. The third kappa shape index (κ3) is 4.98. The number of ether oxygens (including phenoxy) is 2. The van der Waals surface area contributed by atoms with E-state index in [0.29, 0.717) is 11.5 Å². The molecule has 0 radical (unpaired) electrons. The maximum Gasteiger partial charge on any atom is 0.313 e. The molecule has 0 heterocycles. The van der Waals surface area contributed by atoms with Crippen LogP contribution in [0.15, 0.2) is 48.5 Å². The van der Waals surface area contributed by atoms with Crippen LogP contribution in [0.2, 0.25) is 0 Å². The van der Waals surface area contributed by atoms with E-state index in [1.54, 1.807) is 37.4 Å². The minimum atomic E-state index is -0.940. The summed E-state index contributed by atoms with van der Waals surface area (Å²) in [5, 5.41) is 4.59. The van der Waals surface area contributed by atoms with E-state index in [1.165, 1.54) is 18.2 Å². The maximum absolute atomic E-state index is 13.4. The number of carbonyl (C=O) groups is 2. The summed E-state index contributed by atoms with van der Waals surface area (Å²) in [7, 11) is 1.57. The van der Waals surface area contributed by atoms with Crippen LogP contribution in [0.25, 0.3) is 0 Å². The number of para-hydroxylation sites is 1. The number of amides is 2.